The molecule has 0 saturated heterocycles. The predicted octanol–water partition coefficient (Wildman–Crippen LogP) is 2.85. The minimum Gasteiger partial charge on any atom is -0.328 e. The van der Waals surface area contributed by atoms with Gasteiger partial charge in [0, 0.05) is 6.16 Å². The normalized spacial score (nSPS) is 13.4. The SMILES string of the molecule is C=CCCC[PH](=O)OC(C)C. The molecule has 0 aromatic carbocycles. The summed E-state index contributed by atoms with van der Waals surface area (Å²) >= 11 is 0. The first-order valence-electron chi connectivity index (χ1n) is 3.97. The highest BCUT2D eigenvalue weighted by Crippen LogP contribution is 2.25. The third-order valence-corrected chi connectivity index (χ3v) is 2.65. The van der Waals surface area contributed by atoms with Crippen LogP contribution < -0.4 is 0 Å². The molecule has 0 aliphatic carbocycles. The molecule has 1 atom stereocenters. The van der Waals surface area contributed by atoms with Crippen molar-refractivity contribution in [3.05, 3.63) is 12.7 Å². The Kier molecular flexibility index (Phi) is 6.59. The Morgan fingerprint density at radius 3 is 2.73 bits per heavy atom. The zero-order valence-corrected chi connectivity index (χ0v) is 8.30. The van der Waals surface area contributed by atoms with Crippen LogP contribution in [-0.2, 0) is 9.09 Å². The quantitative estimate of drug-likeness (QED) is 0.353. The zero-order valence-electron chi connectivity index (χ0n) is 7.30. The van der Waals surface area contributed by atoms with E-state index in [4.69, 9.17) is 4.52 Å². The Morgan fingerprint density at radius 1 is 1.64 bits per heavy atom. The molecule has 0 spiro atoms. The summed E-state index contributed by atoms with van der Waals surface area (Å²) in [5, 5.41) is 0. The molecule has 0 fully saturated rings. The highest BCUT2D eigenvalue weighted by molar-refractivity contribution is 7.39. The van der Waals surface area contributed by atoms with Crippen molar-refractivity contribution in [1.82, 2.24) is 0 Å². The zero-order chi connectivity index (χ0) is 8.69. The maximum absolute atomic E-state index is 11.1. The van der Waals surface area contributed by atoms with E-state index in [0.29, 0.717) is 6.16 Å². The summed E-state index contributed by atoms with van der Waals surface area (Å²) in [5.74, 6) is 0. The molecule has 2 nitrogen and oxygen atoms in total. The molecule has 0 N–H and O–H groups in total. The Morgan fingerprint density at radius 2 is 2.27 bits per heavy atom. The van der Waals surface area contributed by atoms with Crippen LogP contribution in [0.1, 0.15) is 26.7 Å². The summed E-state index contributed by atoms with van der Waals surface area (Å²) in [4.78, 5) is 0. The first kappa shape index (κ1) is 10.9. The van der Waals surface area contributed by atoms with Crippen molar-refractivity contribution in [2.75, 3.05) is 6.16 Å². The van der Waals surface area contributed by atoms with Gasteiger partial charge in [0.2, 0.25) is 0 Å². The van der Waals surface area contributed by atoms with Crippen LogP contribution in [0.25, 0.3) is 0 Å². The number of unbranched alkanes of at least 4 members (excludes halogenated alkanes) is 1. The lowest BCUT2D eigenvalue weighted by Gasteiger charge is -2.05. The number of rotatable bonds is 6. The lowest BCUT2D eigenvalue weighted by molar-refractivity contribution is 0.256. The van der Waals surface area contributed by atoms with Gasteiger partial charge >= 0.3 is 0 Å². The second-order valence-electron chi connectivity index (χ2n) is 2.72. The summed E-state index contributed by atoms with van der Waals surface area (Å²) in [7, 11) is -1.76. The molecule has 11 heavy (non-hydrogen) atoms. The Labute approximate surface area is 69.5 Å². The van der Waals surface area contributed by atoms with Gasteiger partial charge in [0.25, 0.3) is 0 Å². The molecule has 0 radical (unpaired) electrons. The average molecular weight is 176 g/mol. The molecule has 0 bridgehead atoms. The molecule has 66 valence electrons. The van der Waals surface area contributed by atoms with Crippen molar-refractivity contribution in [2.45, 2.75) is 32.8 Å². The van der Waals surface area contributed by atoms with E-state index in [9.17, 15) is 4.57 Å². The Bertz CT molecular complexity index is 132. The maximum Gasteiger partial charge on any atom is 0.191 e. The summed E-state index contributed by atoms with van der Waals surface area (Å²) in [5.41, 5.74) is 0. The third kappa shape index (κ3) is 7.83. The van der Waals surface area contributed by atoms with E-state index in [-0.39, 0.29) is 6.10 Å². The molecule has 3 heteroatoms. The van der Waals surface area contributed by atoms with Crippen LogP contribution in [0.4, 0.5) is 0 Å². The molecule has 0 aliphatic heterocycles. The highest BCUT2D eigenvalue weighted by atomic mass is 31.1. The average Bonchev–Trinajstić information content (AvgIpc) is 1.86. The molecular weight excluding hydrogens is 159 g/mol. The van der Waals surface area contributed by atoms with E-state index in [0.717, 1.165) is 12.8 Å². The Balaban J connectivity index is 3.30. The molecular formula is C8H17O2P. The number of hydrogen-bond donors (Lipinski definition) is 0. The summed E-state index contributed by atoms with van der Waals surface area (Å²) in [6, 6.07) is 0. The van der Waals surface area contributed by atoms with Crippen LogP contribution >= 0.6 is 8.03 Å². The molecule has 0 aromatic heterocycles. The van der Waals surface area contributed by atoms with Gasteiger partial charge in [-0.25, -0.2) is 0 Å². The standard InChI is InChI=1S/C8H17O2P/c1-4-5-6-7-11(9)10-8(2)3/h4,8,11H,1,5-7H2,2-3H3. The van der Waals surface area contributed by atoms with Crippen molar-refractivity contribution in [3.63, 3.8) is 0 Å². The summed E-state index contributed by atoms with van der Waals surface area (Å²) < 4.78 is 16.2. The first-order chi connectivity index (χ1) is 5.16. The minimum absolute atomic E-state index is 0.0881. The van der Waals surface area contributed by atoms with Gasteiger partial charge < -0.3 is 4.52 Å². The lowest BCUT2D eigenvalue weighted by Crippen LogP contribution is -1.95. The van der Waals surface area contributed by atoms with Gasteiger partial charge in [-0.1, -0.05) is 6.08 Å². The van der Waals surface area contributed by atoms with Crippen molar-refractivity contribution >= 4 is 8.03 Å². The van der Waals surface area contributed by atoms with Crippen molar-refractivity contribution in [2.24, 2.45) is 0 Å². The highest BCUT2D eigenvalue weighted by Gasteiger charge is 2.00. The fourth-order valence-electron chi connectivity index (χ4n) is 0.713. The van der Waals surface area contributed by atoms with Crippen LogP contribution in [0.5, 0.6) is 0 Å². The number of hydrogen-bond acceptors (Lipinski definition) is 2. The van der Waals surface area contributed by atoms with Gasteiger partial charge in [0.05, 0.1) is 6.10 Å². The van der Waals surface area contributed by atoms with Gasteiger partial charge in [0.15, 0.2) is 8.03 Å². The van der Waals surface area contributed by atoms with Crippen molar-refractivity contribution in [1.29, 1.82) is 0 Å². The van der Waals surface area contributed by atoms with E-state index < -0.39 is 8.03 Å². The van der Waals surface area contributed by atoms with E-state index in [1.54, 1.807) is 0 Å². The largest absolute Gasteiger partial charge is 0.328 e. The second-order valence-corrected chi connectivity index (χ2v) is 4.20. The van der Waals surface area contributed by atoms with Crippen molar-refractivity contribution < 1.29 is 9.09 Å². The van der Waals surface area contributed by atoms with E-state index in [1.165, 1.54) is 0 Å². The van der Waals surface area contributed by atoms with Gasteiger partial charge in [0.1, 0.15) is 0 Å². The molecule has 0 rings (SSSR count). The van der Waals surface area contributed by atoms with Gasteiger partial charge in [-0.05, 0) is 26.7 Å². The summed E-state index contributed by atoms with van der Waals surface area (Å²) in [6.45, 7) is 7.38. The van der Waals surface area contributed by atoms with Crippen LogP contribution in [0.15, 0.2) is 12.7 Å². The van der Waals surface area contributed by atoms with Crippen molar-refractivity contribution in [3.8, 4) is 0 Å². The molecule has 0 heterocycles. The Hall–Kier alpha value is -0.0700. The topological polar surface area (TPSA) is 26.3 Å². The molecule has 0 aromatic rings. The lowest BCUT2D eigenvalue weighted by atomic mass is 10.3. The number of allylic oxidation sites excluding steroid dienone is 1. The first-order valence-corrected chi connectivity index (χ1v) is 5.49. The summed E-state index contributed by atoms with van der Waals surface area (Å²) in [6.07, 6.45) is 4.47. The van der Waals surface area contributed by atoms with Crippen LogP contribution in [0.2, 0.25) is 0 Å². The van der Waals surface area contributed by atoms with Crippen LogP contribution in [0.3, 0.4) is 0 Å². The van der Waals surface area contributed by atoms with E-state index >= 15 is 0 Å². The molecule has 0 amide bonds. The van der Waals surface area contributed by atoms with Gasteiger partial charge in [-0.2, -0.15) is 0 Å². The fourth-order valence-corrected chi connectivity index (χ4v) is 1.85. The second kappa shape index (κ2) is 6.63. The molecule has 1 unspecified atom stereocenters. The van der Waals surface area contributed by atoms with Crippen LogP contribution in [-0.4, -0.2) is 12.3 Å². The minimum atomic E-state index is -1.76. The van der Waals surface area contributed by atoms with Crippen LogP contribution in [0, 0.1) is 0 Å². The van der Waals surface area contributed by atoms with Gasteiger partial charge in [-0.15, -0.1) is 6.58 Å². The molecule has 0 aliphatic rings. The van der Waals surface area contributed by atoms with Gasteiger partial charge in [-0.3, -0.25) is 4.57 Å². The fraction of sp³-hybridized carbons (Fsp3) is 0.750. The maximum atomic E-state index is 11.1. The predicted molar refractivity (Wildman–Crippen MR) is 49.5 cm³/mol. The monoisotopic (exact) mass is 176 g/mol. The van der Waals surface area contributed by atoms with E-state index in [2.05, 4.69) is 6.58 Å². The third-order valence-electron chi connectivity index (χ3n) is 1.16. The smallest absolute Gasteiger partial charge is 0.191 e. The van der Waals surface area contributed by atoms with E-state index in [1.807, 2.05) is 19.9 Å². The molecule has 0 saturated carbocycles.